The van der Waals surface area contributed by atoms with Crippen molar-refractivity contribution in [3.8, 4) is 0 Å². The molecule has 57 heavy (non-hydrogen) atoms. The van der Waals surface area contributed by atoms with Crippen LogP contribution in [-0.4, -0.2) is 37.2 Å². The van der Waals surface area contributed by atoms with Crippen molar-refractivity contribution in [3.05, 3.63) is 109 Å². The molecular weight excluding hydrogens is 709 g/mol. The van der Waals surface area contributed by atoms with Gasteiger partial charge in [-0.2, -0.15) is 0 Å². The lowest BCUT2D eigenvalue weighted by atomic mass is 10.1. The quantitative estimate of drug-likeness (QED) is 0.0204. The number of carbonyl (C=O) groups excluding carboxylic acids is 3. The molecule has 320 valence electrons. The first-order chi connectivity index (χ1) is 28.0. The third-order valence-electron chi connectivity index (χ3n) is 8.93. The maximum absolute atomic E-state index is 12.7. The van der Waals surface area contributed by atoms with Gasteiger partial charge in [0.1, 0.15) is 13.2 Å². The minimum Gasteiger partial charge on any atom is -0.462 e. The van der Waals surface area contributed by atoms with Crippen LogP contribution in [0.3, 0.4) is 0 Å². The number of hydrogen-bond acceptors (Lipinski definition) is 6. The summed E-state index contributed by atoms with van der Waals surface area (Å²) >= 11 is 0. The first kappa shape index (κ1) is 53.1. The molecule has 0 aromatic rings. The molecule has 0 amide bonds. The zero-order valence-corrected chi connectivity index (χ0v) is 36.3. The summed E-state index contributed by atoms with van der Waals surface area (Å²) < 4.78 is 16.6. The Labute approximate surface area is 349 Å². The minimum absolute atomic E-state index is 0.115. The Morgan fingerprint density at radius 3 is 1.21 bits per heavy atom. The predicted octanol–water partition coefficient (Wildman–Crippen LogP) is 14.4. The van der Waals surface area contributed by atoms with Crippen molar-refractivity contribution in [2.45, 2.75) is 181 Å². The van der Waals surface area contributed by atoms with Gasteiger partial charge in [-0.1, -0.05) is 188 Å². The fraction of sp³-hybridized carbons (Fsp3) is 0.588. The zero-order chi connectivity index (χ0) is 41.5. The van der Waals surface area contributed by atoms with Crippen LogP contribution in [0.1, 0.15) is 175 Å². The molecule has 0 saturated carbocycles. The highest BCUT2D eigenvalue weighted by Gasteiger charge is 2.19. The number of unbranched alkanes of at least 4 members (excludes halogenated alkanes) is 15. The Bertz CT molecular complexity index is 1230. The first-order valence-corrected chi connectivity index (χ1v) is 22.5. The fourth-order valence-corrected chi connectivity index (χ4v) is 5.58. The predicted molar refractivity (Wildman–Crippen MR) is 242 cm³/mol. The molecule has 0 radical (unpaired) electrons. The van der Waals surface area contributed by atoms with E-state index in [0.29, 0.717) is 25.7 Å². The maximum Gasteiger partial charge on any atom is 0.306 e. The second-order valence-corrected chi connectivity index (χ2v) is 14.4. The summed E-state index contributed by atoms with van der Waals surface area (Å²) in [6.45, 7) is 6.22. The summed E-state index contributed by atoms with van der Waals surface area (Å²) in [5.74, 6) is -1.01. The van der Waals surface area contributed by atoms with Crippen LogP contribution in [0.4, 0.5) is 0 Å². The third-order valence-corrected chi connectivity index (χ3v) is 8.93. The highest BCUT2D eigenvalue weighted by molar-refractivity contribution is 5.71. The SMILES string of the molecule is CC\C=C/C=C\C=C/C=C\C=C/CCCCCC(=O)OCC(COC(=O)CCC/C=C\CCCCCC)OC(=O)CCCCCCCCC\C=C/C=C\C=C/CC. The van der Waals surface area contributed by atoms with Gasteiger partial charge >= 0.3 is 17.9 Å². The smallest absolute Gasteiger partial charge is 0.306 e. The molecule has 0 aliphatic rings. The summed E-state index contributed by atoms with van der Waals surface area (Å²) in [5.41, 5.74) is 0. The molecule has 0 N–H and O–H groups in total. The van der Waals surface area contributed by atoms with E-state index in [2.05, 4.69) is 81.5 Å². The van der Waals surface area contributed by atoms with Gasteiger partial charge in [0.05, 0.1) is 0 Å². The van der Waals surface area contributed by atoms with E-state index in [1.165, 1.54) is 44.9 Å². The van der Waals surface area contributed by atoms with Crippen LogP contribution in [0.25, 0.3) is 0 Å². The Morgan fingerprint density at radius 1 is 0.368 bits per heavy atom. The van der Waals surface area contributed by atoms with Crippen molar-refractivity contribution in [2.75, 3.05) is 13.2 Å². The van der Waals surface area contributed by atoms with Crippen LogP contribution < -0.4 is 0 Å². The molecule has 0 heterocycles. The van der Waals surface area contributed by atoms with Gasteiger partial charge in [0.25, 0.3) is 0 Å². The topological polar surface area (TPSA) is 78.9 Å². The maximum atomic E-state index is 12.7. The molecular formula is C51H80O6. The molecule has 0 aromatic heterocycles. The van der Waals surface area contributed by atoms with Gasteiger partial charge in [-0.3, -0.25) is 14.4 Å². The van der Waals surface area contributed by atoms with Gasteiger partial charge in [-0.25, -0.2) is 0 Å². The zero-order valence-electron chi connectivity index (χ0n) is 36.3. The average molecular weight is 789 g/mol. The Balaban J connectivity index is 4.51. The summed E-state index contributed by atoms with van der Waals surface area (Å²) in [4.78, 5) is 37.7. The van der Waals surface area contributed by atoms with Crippen molar-refractivity contribution in [3.63, 3.8) is 0 Å². The van der Waals surface area contributed by atoms with Crippen LogP contribution in [0.15, 0.2) is 109 Å². The number of allylic oxidation sites excluding steroid dienone is 18. The number of esters is 3. The number of rotatable bonds is 38. The van der Waals surface area contributed by atoms with E-state index in [-0.39, 0.29) is 31.1 Å². The van der Waals surface area contributed by atoms with Crippen molar-refractivity contribution >= 4 is 17.9 Å². The lowest BCUT2D eigenvalue weighted by Gasteiger charge is -2.18. The summed E-state index contributed by atoms with van der Waals surface area (Å²) in [7, 11) is 0. The Morgan fingerprint density at radius 2 is 0.719 bits per heavy atom. The number of hydrogen-bond donors (Lipinski definition) is 0. The Hall–Kier alpha value is -3.93. The average Bonchev–Trinajstić information content (AvgIpc) is 3.21. The van der Waals surface area contributed by atoms with Crippen LogP contribution in [0, 0.1) is 0 Å². The molecule has 0 spiro atoms. The largest absolute Gasteiger partial charge is 0.462 e. The molecule has 0 fully saturated rings. The van der Waals surface area contributed by atoms with Gasteiger partial charge in [0, 0.05) is 19.3 Å². The molecule has 1 atom stereocenters. The lowest BCUT2D eigenvalue weighted by molar-refractivity contribution is -0.167. The summed E-state index contributed by atoms with van der Waals surface area (Å²) in [6.07, 6.45) is 59.3. The molecule has 6 heteroatoms. The number of ether oxygens (including phenoxy) is 3. The fourth-order valence-electron chi connectivity index (χ4n) is 5.58. The van der Waals surface area contributed by atoms with E-state index in [0.717, 1.165) is 83.5 Å². The molecule has 0 bridgehead atoms. The molecule has 0 rings (SSSR count). The Kier molecular flexibility index (Phi) is 41.7. The van der Waals surface area contributed by atoms with E-state index in [4.69, 9.17) is 14.2 Å². The second-order valence-electron chi connectivity index (χ2n) is 14.4. The van der Waals surface area contributed by atoms with Crippen molar-refractivity contribution in [1.82, 2.24) is 0 Å². The normalized spacial score (nSPS) is 13.1. The van der Waals surface area contributed by atoms with Gasteiger partial charge in [0.15, 0.2) is 6.10 Å². The van der Waals surface area contributed by atoms with Crippen LogP contribution >= 0.6 is 0 Å². The highest BCUT2D eigenvalue weighted by Crippen LogP contribution is 2.12. The van der Waals surface area contributed by atoms with E-state index < -0.39 is 6.10 Å². The van der Waals surface area contributed by atoms with Crippen molar-refractivity contribution in [2.24, 2.45) is 0 Å². The molecule has 0 aromatic carbocycles. The van der Waals surface area contributed by atoms with E-state index in [1.807, 2.05) is 48.6 Å². The van der Waals surface area contributed by atoms with Crippen LogP contribution in [0.5, 0.6) is 0 Å². The van der Waals surface area contributed by atoms with Gasteiger partial charge < -0.3 is 14.2 Å². The van der Waals surface area contributed by atoms with E-state index in [1.54, 1.807) is 0 Å². The number of carbonyl (C=O) groups is 3. The minimum atomic E-state index is -0.812. The standard InChI is InChI=1S/C51H80O6/c1-4-7-10-13-16-19-21-23-25-27-29-32-35-38-41-44-50(53)56-47-48(46-55-49(52)43-40-37-34-31-18-15-12-9-6-3)57-51(54)45-42-39-36-33-30-28-26-24-22-20-17-14-11-8-5-2/h7-8,10-11,13-14,16-17,19-23,25,27,29,31,34,48H,4-6,9,12,15,18,24,26,28,30,32-33,35-47H2,1-3H3/b10-7-,11-8-,16-13-,17-14-,21-19-,22-20-,25-23-,29-27-,34-31-. The van der Waals surface area contributed by atoms with Gasteiger partial charge in [-0.05, 0) is 77.0 Å². The highest BCUT2D eigenvalue weighted by atomic mass is 16.6. The summed E-state index contributed by atoms with van der Waals surface area (Å²) in [5, 5.41) is 0. The van der Waals surface area contributed by atoms with E-state index in [9.17, 15) is 14.4 Å². The van der Waals surface area contributed by atoms with Crippen LogP contribution in [-0.2, 0) is 28.6 Å². The van der Waals surface area contributed by atoms with Crippen molar-refractivity contribution in [1.29, 1.82) is 0 Å². The van der Waals surface area contributed by atoms with Gasteiger partial charge in [0.2, 0.25) is 0 Å². The molecule has 6 nitrogen and oxygen atoms in total. The van der Waals surface area contributed by atoms with E-state index >= 15 is 0 Å². The van der Waals surface area contributed by atoms with Crippen LogP contribution in [0.2, 0.25) is 0 Å². The third kappa shape index (κ3) is 43.0. The molecule has 1 unspecified atom stereocenters. The molecule has 0 aliphatic heterocycles. The van der Waals surface area contributed by atoms with Crippen molar-refractivity contribution < 1.29 is 28.6 Å². The molecule has 0 saturated heterocycles. The summed E-state index contributed by atoms with van der Waals surface area (Å²) in [6, 6.07) is 0. The first-order valence-electron chi connectivity index (χ1n) is 22.5. The van der Waals surface area contributed by atoms with Gasteiger partial charge in [-0.15, -0.1) is 0 Å². The molecule has 0 aliphatic carbocycles. The second kappa shape index (κ2) is 44.8. The monoisotopic (exact) mass is 789 g/mol. The lowest BCUT2D eigenvalue weighted by Crippen LogP contribution is -2.30.